The summed E-state index contributed by atoms with van der Waals surface area (Å²) in [6, 6.07) is 0. The van der Waals surface area contributed by atoms with Gasteiger partial charge in [0.15, 0.2) is 0 Å². The number of rotatable bonds is 6. The molecule has 7 nitrogen and oxygen atoms in total. The minimum Gasteiger partial charge on any atom is -0.480 e. The molecule has 0 spiro atoms. The molecule has 33 heavy (non-hydrogen) atoms. The largest absolute Gasteiger partial charge is 0.480 e. The highest BCUT2D eigenvalue weighted by Gasteiger charge is 2.65. The van der Waals surface area contributed by atoms with E-state index in [0.717, 1.165) is 38.5 Å². The quantitative estimate of drug-likeness (QED) is 0.410. The van der Waals surface area contributed by atoms with Crippen molar-refractivity contribution in [1.82, 2.24) is 5.32 Å². The van der Waals surface area contributed by atoms with Gasteiger partial charge >= 0.3 is 5.97 Å². The summed E-state index contributed by atoms with van der Waals surface area (Å²) in [5, 5.41) is 44.4. The Labute approximate surface area is 197 Å². The minimum atomic E-state index is -1.04. The second kappa shape index (κ2) is 9.12. The molecule has 4 aliphatic carbocycles. The Bertz CT molecular complexity index is 759. The van der Waals surface area contributed by atoms with Crippen LogP contribution in [0.1, 0.15) is 78.6 Å². The van der Waals surface area contributed by atoms with Crippen molar-refractivity contribution >= 4 is 11.9 Å². The maximum Gasteiger partial charge on any atom is 0.322 e. The number of aliphatic carboxylic acids is 1. The number of hydrogen-bond donors (Lipinski definition) is 5. The molecule has 4 saturated carbocycles. The molecule has 0 bridgehead atoms. The molecule has 0 heterocycles. The number of carbonyl (C=O) groups is 2. The number of amides is 1. The average Bonchev–Trinajstić information content (AvgIpc) is 3.11. The fraction of sp³-hybridized carbons (Fsp3) is 0.923. The first-order chi connectivity index (χ1) is 15.5. The Kier molecular flexibility index (Phi) is 6.89. The molecule has 4 aliphatic rings. The number of aliphatic hydroxyl groups is 3. The summed E-state index contributed by atoms with van der Waals surface area (Å²) in [7, 11) is 0. The van der Waals surface area contributed by atoms with Gasteiger partial charge in [-0.2, -0.15) is 0 Å². The van der Waals surface area contributed by atoms with Crippen LogP contribution >= 0.6 is 0 Å². The molecule has 1 amide bonds. The molecule has 4 fully saturated rings. The Morgan fingerprint density at radius 2 is 1.76 bits per heavy atom. The third-order valence-electron chi connectivity index (χ3n) is 10.8. The Hall–Kier alpha value is -1.18. The van der Waals surface area contributed by atoms with Crippen LogP contribution < -0.4 is 5.32 Å². The van der Waals surface area contributed by atoms with Gasteiger partial charge in [-0.25, -0.2) is 0 Å². The van der Waals surface area contributed by atoms with Gasteiger partial charge in [-0.1, -0.05) is 20.8 Å². The van der Waals surface area contributed by atoms with Gasteiger partial charge in [0.2, 0.25) is 5.91 Å². The van der Waals surface area contributed by atoms with E-state index in [4.69, 9.17) is 5.11 Å². The summed E-state index contributed by atoms with van der Waals surface area (Å²) in [6.07, 6.45) is 5.86. The third-order valence-corrected chi connectivity index (χ3v) is 10.8. The van der Waals surface area contributed by atoms with E-state index < -0.39 is 12.1 Å². The molecule has 0 saturated heterocycles. The van der Waals surface area contributed by atoms with Crippen molar-refractivity contribution in [3.05, 3.63) is 0 Å². The minimum absolute atomic E-state index is 0.0668. The maximum atomic E-state index is 12.0. The van der Waals surface area contributed by atoms with Gasteiger partial charge < -0.3 is 25.7 Å². The predicted octanol–water partition coefficient (Wildman–Crippen LogP) is 2.56. The zero-order chi connectivity index (χ0) is 24.1. The second-order valence-electron chi connectivity index (χ2n) is 12.2. The smallest absolute Gasteiger partial charge is 0.322 e. The normalized spacial score (nSPS) is 47.7. The molecule has 3 unspecified atom stereocenters. The molecule has 7 heteroatoms. The SMILES string of the molecule is C[C@@H](CCC(=O)NCC(=O)O)[C@@H]1CCC2C3C(C[C@@H](O)[C@]21C)[C@]1(C)CC[C@H](O)C[C@@H]1C[C@@H]3O. The van der Waals surface area contributed by atoms with Crippen molar-refractivity contribution in [3.63, 3.8) is 0 Å². The van der Waals surface area contributed by atoms with Gasteiger partial charge in [-0.05, 0) is 97.7 Å². The Morgan fingerprint density at radius 3 is 2.45 bits per heavy atom. The van der Waals surface area contributed by atoms with Crippen LogP contribution in [0.15, 0.2) is 0 Å². The van der Waals surface area contributed by atoms with Crippen LogP contribution in [0.4, 0.5) is 0 Å². The van der Waals surface area contributed by atoms with Crippen molar-refractivity contribution in [2.75, 3.05) is 6.54 Å². The maximum absolute atomic E-state index is 12.0. The Balaban J connectivity index is 1.49. The van der Waals surface area contributed by atoms with Gasteiger partial charge in [0, 0.05) is 6.42 Å². The van der Waals surface area contributed by atoms with Crippen molar-refractivity contribution in [1.29, 1.82) is 0 Å². The lowest BCUT2D eigenvalue weighted by molar-refractivity contribution is -0.207. The number of fused-ring (bicyclic) bond motifs is 5. The fourth-order valence-corrected chi connectivity index (χ4v) is 8.95. The first-order valence-electron chi connectivity index (χ1n) is 13.0. The molecule has 188 valence electrons. The van der Waals surface area contributed by atoms with E-state index in [-0.39, 0.29) is 65.1 Å². The summed E-state index contributed by atoms with van der Waals surface area (Å²) in [4.78, 5) is 22.7. The predicted molar refractivity (Wildman–Crippen MR) is 123 cm³/mol. The van der Waals surface area contributed by atoms with Crippen LogP contribution in [-0.2, 0) is 9.59 Å². The van der Waals surface area contributed by atoms with E-state index in [1.165, 1.54) is 0 Å². The summed E-state index contributed by atoms with van der Waals surface area (Å²) in [6.45, 7) is 6.35. The van der Waals surface area contributed by atoms with Gasteiger partial charge in [0.25, 0.3) is 0 Å². The zero-order valence-corrected chi connectivity index (χ0v) is 20.4. The summed E-state index contributed by atoms with van der Waals surface area (Å²) < 4.78 is 0. The lowest BCUT2D eigenvalue weighted by atomic mass is 9.43. The van der Waals surface area contributed by atoms with Gasteiger partial charge in [-0.15, -0.1) is 0 Å². The van der Waals surface area contributed by atoms with E-state index in [2.05, 4.69) is 26.1 Å². The summed E-state index contributed by atoms with van der Waals surface area (Å²) >= 11 is 0. The number of nitrogens with one attached hydrogen (secondary N) is 1. The van der Waals surface area contributed by atoms with E-state index >= 15 is 0 Å². The van der Waals surface area contributed by atoms with Gasteiger partial charge in [0.05, 0.1) is 18.3 Å². The van der Waals surface area contributed by atoms with Crippen molar-refractivity contribution in [2.45, 2.75) is 96.9 Å². The third kappa shape index (κ3) is 4.23. The monoisotopic (exact) mass is 465 g/mol. The second-order valence-corrected chi connectivity index (χ2v) is 12.2. The van der Waals surface area contributed by atoms with Crippen LogP contribution in [0.3, 0.4) is 0 Å². The molecule has 0 aromatic heterocycles. The first kappa shape index (κ1) is 24.9. The van der Waals surface area contributed by atoms with Gasteiger partial charge in [-0.3, -0.25) is 9.59 Å². The van der Waals surface area contributed by atoms with Crippen molar-refractivity contribution < 1.29 is 30.0 Å². The molecular formula is C26H43NO6. The Morgan fingerprint density at radius 1 is 1.03 bits per heavy atom. The molecule has 0 radical (unpaired) electrons. The van der Waals surface area contributed by atoms with E-state index in [0.29, 0.717) is 25.2 Å². The van der Waals surface area contributed by atoms with Gasteiger partial charge in [0.1, 0.15) is 6.54 Å². The first-order valence-corrected chi connectivity index (χ1v) is 13.0. The van der Waals surface area contributed by atoms with E-state index in [1.807, 2.05) is 0 Å². The van der Waals surface area contributed by atoms with Crippen LogP contribution in [-0.4, -0.2) is 57.2 Å². The molecule has 11 atom stereocenters. The highest BCUT2D eigenvalue weighted by atomic mass is 16.4. The molecule has 0 aliphatic heterocycles. The van der Waals surface area contributed by atoms with Crippen molar-refractivity contribution in [2.24, 2.45) is 46.3 Å². The lowest BCUT2D eigenvalue weighted by Crippen LogP contribution is -2.62. The molecule has 0 aromatic carbocycles. The standard InChI is InChI=1S/C26H43NO6/c1-14(4-7-22(31)27-13-23(32)33)17-5-6-18-24-19(12-21(30)26(17,18)3)25(2)9-8-16(28)10-15(25)11-20(24)29/h14-21,24,28-30H,4-13H2,1-3H3,(H,27,31)(H,32,33)/t14-,15+,16-,17-,18?,19?,20-,21+,24?,25+,26-/m0/s1. The summed E-state index contributed by atoms with van der Waals surface area (Å²) in [5.41, 5.74) is -0.214. The molecular weight excluding hydrogens is 422 g/mol. The summed E-state index contributed by atoms with van der Waals surface area (Å²) in [5.74, 6) is 0.265. The molecule has 5 N–H and O–H groups in total. The number of carboxylic acids is 1. The van der Waals surface area contributed by atoms with Crippen LogP contribution in [0.5, 0.6) is 0 Å². The highest BCUT2D eigenvalue weighted by molar-refractivity contribution is 5.81. The number of hydrogen-bond acceptors (Lipinski definition) is 5. The average molecular weight is 466 g/mol. The fourth-order valence-electron chi connectivity index (χ4n) is 8.95. The van der Waals surface area contributed by atoms with Crippen LogP contribution in [0.2, 0.25) is 0 Å². The van der Waals surface area contributed by atoms with E-state index in [9.17, 15) is 24.9 Å². The number of carbonyl (C=O) groups excluding carboxylic acids is 1. The molecule has 4 rings (SSSR count). The topological polar surface area (TPSA) is 127 Å². The lowest BCUT2D eigenvalue weighted by Gasteiger charge is -2.63. The number of aliphatic hydroxyl groups excluding tert-OH is 3. The van der Waals surface area contributed by atoms with Crippen LogP contribution in [0.25, 0.3) is 0 Å². The number of carboxylic acid groups (broad SMARTS) is 1. The van der Waals surface area contributed by atoms with Crippen LogP contribution in [0, 0.1) is 46.3 Å². The van der Waals surface area contributed by atoms with Crippen molar-refractivity contribution in [3.8, 4) is 0 Å². The highest BCUT2D eigenvalue weighted by Crippen LogP contribution is 2.68. The zero-order valence-electron chi connectivity index (χ0n) is 20.4. The molecule has 0 aromatic rings. The van der Waals surface area contributed by atoms with E-state index in [1.54, 1.807) is 0 Å².